The third-order valence-corrected chi connectivity index (χ3v) is 4.91. The standard InChI is InChI=1S/C13H24N2/c14-12-4-2-1-3-5-13(12)15-9-10-6-7-11(15)8-10/h10-13H,1-9,14H2. The molecule has 3 rings (SSSR count). The summed E-state index contributed by atoms with van der Waals surface area (Å²) in [6.45, 7) is 1.36. The lowest BCUT2D eigenvalue weighted by molar-refractivity contribution is 0.123. The van der Waals surface area contributed by atoms with Gasteiger partial charge in [0.15, 0.2) is 0 Å². The summed E-state index contributed by atoms with van der Waals surface area (Å²) in [5.41, 5.74) is 6.35. The molecule has 2 aliphatic carbocycles. The lowest BCUT2D eigenvalue weighted by Crippen LogP contribution is -2.50. The highest BCUT2D eigenvalue weighted by Gasteiger charge is 2.42. The first-order valence-electron chi connectivity index (χ1n) is 6.86. The molecule has 1 aliphatic heterocycles. The fourth-order valence-electron chi connectivity index (χ4n) is 4.10. The monoisotopic (exact) mass is 208 g/mol. The van der Waals surface area contributed by atoms with Gasteiger partial charge in [-0.3, -0.25) is 4.90 Å². The normalized spacial score (nSPS) is 47.0. The van der Waals surface area contributed by atoms with Gasteiger partial charge in [-0.2, -0.15) is 0 Å². The van der Waals surface area contributed by atoms with Crippen LogP contribution in [-0.2, 0) is 0 Å². The van der Waals surface area contributed by atoms with Gasteiger partial charge in [0.1, 0.15) is 0 Å². The largest absolute Gasteiger partial charge is 0.326 e. The second-order valence-corrected chi connectivity index (χ2v) is 5.90. The smallest absolute Gasteiger partial charge is 0.0250 e. The zero-order valence-corrected chi connectivity index (χ0v) is 9.70. The molecule has 1 saturated heterocycles. The molecule has 0 aromatic rings. The van der Waals surface area contributed by atoms with Gasteiger partial charge in [-0.05, 0) is 38.0 Å². The van der Waals surface area contributed by atoms with Crippen LogP contribution in [-0.4, -0.2) is 29.6 Å². The van der Waals surface area contributed by atoms with E-state index in [2.05, 4.69) is 4.90 Å². The van der Waals surface area contributed by atoms with E-state index < -0.39 is 0 Å². The van der Waals surface area contributed by atoms with Gasteiger partial charge in [-0.1, -0.05) is 19.3 Å². The molecule has 3 aliphatic rings. The molecule has 2 heteroatoms. The molecule has 0 amide bonds. The van der Waals surface area contributed by atoms with Gasteiger partial charge in [0.25, 0.3) is 0 Å². The first-order chi connectivity index (χ1) is 7.34. The molecule has 0 aromatic carbocycles. The predicted octanol–water partition coefficient (Wildman–Crippen LogP) is 2.13. The van der Waals surface area contributed by atoms with Crippen LogP contribution in [0.3, 0.4) is 0 Å². The highest BCUT2D eigenvalue weighted by atomic mass is 15.2. The molecule has 2 bridgehead atoms. The third-order valence-electron chi connectivity index (χ3n) is 4.91. The van der Waals surface area contributed by atoms with Crippen molar-refractivity contribution in [3.8, 4) is 0 Å². The summed E-state index contributed by atoms with van der Waals surface area (Å²) in [6, 6.07) is 2.10. The summed E-state index contributed by atoms with van der Waals surface area (Å²) in [6.07, 6.45) is 11.2. The summed E-state index contributed by atoms with van der Waals surface area (Å²) in [5.74, 6) is 1.02. The number of piperidine rings is 1. The van der Waals surface area contributed by atoms with Crippen LogP contribution < -0.4 is 5.73 Å². The summed E-state index contributed by atoms with van der Waals surface area (Å²) in [4.78, 5) is 2.78. The summed E-state index contributed by atoms with van der Waals surface area (Å²) in [7, 11) is 0. The molecule has 4 atom stereocenters. The van der Waals surface area contributed by atoms with Gasteiger partial charge in [-0.25, -0.2) is 0 Å². The van der Waals surface area contributed by atoms with Crippen molar-refractivity contribution >= 4 is 0 Å². The van der Waals surface area contributed by atoms with E-state index in [0.29, 0.717) is 6.04 Å². The molecular weight excluding hydrogens is 184 g/mol. The van der Waals surface area contributed by atoms with E-state index in [9.17, 15) is 0 Å². The molecule has 4 unspecified atom stereocenters. The maximum Gasteiger partial charge on any atom is 0.0250 e. The van der Waals surface area contributed by atoms with Crippen LogP contribution in [0, 0.1) is 5.92 Å². The highest BCUT2D eigenvalue weighted by Crippen LogP contribution is 2.40. The van der Waals surface area contributed by atoms with E-state index in [1.807, 2.05) is 0 Å². The van der Waals surface area contributed by atoms with E-state index in [-0.39, 0.29) is 0 Å². The minimum absolute atomic E-state index is 0.465. The fraction of sp³-hybridized carbons (Fsp3) is 1.00. The van der Waals surface area contributed by atoms with Crippen molar-refractivity contribution in [2.24, 2.45) is 11.7 Å². The molecular formula is C13H24N2. The van der Waals surface area contributed by atoms with Crippen LogP contribution in [0.5, 0.6) is 0 Å². The zero-order chi connectivity index (χ0) is 10.3. The van der Waals surface area contributed by atoms with Crippen molar-refractivity contribution in [1.82, 2.24) is 4.90 Å². The Morgan fingerprint density at radius 2 is 1.80 bits per heavy atom. The second-order valence-electron chi connectivity index (χ2n) is 5.90. The molecule has 15 heavy (non-hydrogen) atoms. The van der Waals surface area contributed by atoms with E-state index in [1.54, 1.807) is 0 Å². The number of hydrogen-bond acceptors (Lipinski definition) is 2. The minimum Gasteiger partial charge on any atom is -0.326 e. The van der Waals surface area contributed by atoms with Crippen molar-refractivity contribution < 1.29 is 0 Å². The molecule has 86 valence electrons. The number of nitrogens with zero attached hydrogens (tertiary/aromatic N) is 1. The van der Waals surface area contributed by atoms with Crippen LogP contribution in [0.15, 0.2) is 0 Å². The third kappa shape index (κ3) is 1.83. The Kier molecular flexibility index (Phi) is 2.73. The van der Waals surface area contributed by atoms with E-state index in [4.69, 9.17) is 5.73 Å². The minimum atomic E-state index is 0.465. The topological polar surface area (TPSA) is 29.3 Å². The van der Waals surface area contributed by atoms with Crippen molar-refractivity contribution in [3.63, 3.8) is 0 Å². The molecule has 3 fully saturated rings. The van der Waals surface area contributed by atoms with Gasteiger partial charge in [0, 0.05) is 24.7 Å². The fourth-order valence-corrected chi connectivity index (χ4v) is 4.10. The van der Waals surface area contributed by atoms with Crippen LogP contribution in [0.1, 0.15) is 51.4 Å². The van der Waals surface area contributed by atoms with Gasteiger partial charge in [0.05, 0.1) is 0 Å². The average molecular weight is 208 g/mol. The number of fused-ring (bicyclic) bond motifs is 2. The maximum absolute atomic E-state index is 6.35. The Bertz CT molecular complexity index is 229. The predicted molar refractivity (Wildman–Crippen MR) is 62.7 cm³/mol. The number of likely N-dealkylation sites (tertiary alicyclic amines) is 1. The first kappa shape index (κ1) is 10.1. The van der Waals surface area contributed by atoms with Gasteiger partial charge >= 0.3 is 0 Å². The lowest BCUT2D eigenvalue weighted by Gasteiger charge is -2.37. The molecule has 2 saturated carbocycles. The zero-order valence-electron chi connectivity index (χ0n) is 9.70. The Morgan fingerprint density at radius 3 is 2.53 bits per heavy atom. The summed E-state index contributed by atoms with van der Waals surface area (Å²) >= 11 is 0. The second kappa shape index (κ2) is 4.06. The number of nitrogens with two attached hydrogens (primary N) is 1. The van der Waals surface area contributed by atoms with Gasteiger partial charge in [-0.15, -0.1) is 0 Å². The average Bonchev–Trinajstić information content (AvgIpc) is 2.79. The molecule has 2 N–H and O–H groups in total. The van der Waals surface area contributed by atoms with E-state index in [1.165, 1.54) is 57.9 Å². The summed E-state index contributed by atoms with van der Waals surface area (Å²) in [5, 5.41) is 0. The van der Waals surface area contributed by atoms with E-state index >= 15 is 0 Å². The lowest BCUT2D eigenvalue weighted by atomic mass is 9.99. The van der Waals surface area contributed by atoms with E-state index in [0.717, 1.165) is 18.0 Å². The Balaban J connectivity index is 1.69. The Morgan fingerprint density at radius 1 is 0.933 bits per heavy atom. The van der Waals surface area contributed by atoms with Crippen LogP contribution in [0.4, 0.5) is 0 Å². The van der Waals surface area contributed by atoms with Crippen molar-refractivity contribution in [2.75, 3.05) is 6.54 Å². The molecule has 0 spiro atoms. The number of rotatable bonds is 1. The molecule has 2 nitrogen and oxygen atoms in total. The SMILES string of the molecule is NC1CCCCCC1N1CC2CCC1C2. The Hall–Kier alpha value is -0.0800. The quantitative estimate of drug-likeness (QED) is 0.669. The van der Waals surface area contributed by atoms with Gasteiger partial charge in [0.2, 0.25) is 0 Å². The van der Waals surface area contributed by atoms with Crippen LogP contribution in [0.25, 0.3) is 0 Å². The van der Waals surface area contributed by atoms with Crippen LogP contribution in [0.2, 0.25) is 0 Å². The van der Waals surface area contributed by atoms with Crippen molar-refractivity contribution in [2.45, 2.75) is 69.5 Å². The van der Waals surface area contributed by atoms with Crippen LogP contribution >= 0.6 is 0 Å². The Labute approximate surface area is 93.2 Å². The first-order valence-corrected chi connectivity index (χ1v) is 6.86. The van der Waals surface area contributed by atoms with Crippen molar-refractivity contribution in [3.05, 3.63) is 0 Å². The molecule has 0 aromatic heterocycles. The van der Waals surface area contributed by atoms with Crippen molar-refractivity contribution in [1.29, 1.82) is 0 Å². The number of hydrogen-bond donors (Lipinski definition) is 1. The van der Waals surface area contributed by atoms with Gasteiger partial charge < -0.3 is 5.73 Å². The maximum atomic E-state index is 6.35. The summed E-state index contributed by atoms with van der Waals surface area (Å²) < 4.78 is 0. The molecule has 0 radical (unpaired) electrons. The molecule has 1 heterocycles. The highest BCUT2D eigenvalue weighted by molar-refractivity contribution is 4.98.